The van der Waals surface area contributed by atoms with Gasteiger partial charge in [-0.15, -0.1) is 0 Å². The molecule has 4 rings (SSSR count). The second kappa shape index (κ2) is 5.63. The number of rotatable bonds is 2. The van der Waals surface area contributed by atoms with Gasteiger partial charge >= 0.3 is 0 Å². The van der Waals surface area contributed by atoms with E-state index < -0.39 is 5.41 Å². The minimum absolute atomic E-state index is 0.0311. The first-order valence-electron chi connectivity index (χ1n) is 8.77. The molecule has 1 aliphatic carbocycles. The van der Waals surface area contributed by atoms with Crippen LogP contribution in [0.25, 0.3) is 0 Å². The first-order valence-corrected chi connectivity index (χ1v) is 9.56. The highest BCUT2D eigenvalue weighted by Gasteiger charge is 2.52. The fourth-order valence-electron chi connectivity index (χ4n) is 4.64. The normalized spacial score (nSPS) is 29.8. The van der Waals surface area contributed by atoms with E-state index in [2.05, 4.69) is 64.4 Å². The number of carbonyl (C=O) groups excluding carboxylic acids is 1. The van der Waals surface area contributed by atoms with Gasteiger partial charge in [0.2, 0.25) is 0 Å². The first-order chi connectivity index (χ1) is 11.9. The lowest BCUT2D eigenvalue weighted by Gasteiger charge is -2.47. The summed E-state index contributed by atoms with van der Waals surface area (Å²) in [6.45, 7) is 6.47. The van der Waals surface area contributed by atoms with Gasteiger partial charge in [-0.2, -0.15) is 10.2 Å². The number of nitrogens with one attached hydrogen (secondary N) is 1. The van der Waals surface area contributed by atoms with Crippen molar-refractivity contribution in [3.63, 3.8) is 0 Å². The highest BCUT2D eigenvalue weighted by Crippen LogP contribution is 2.53. The van der Waals surface area contributed by atoms with Crippen LogP contribution >= 0.6 is 15.9 Å². The van der Waals surface area contributed by atoms with Crippen LogP contribution in [0.4, 0.5) is 0 Å². The van der Waals surface area contributed by atoms with Crippen molar-refractivity contribution in [2.75, 3.05) is 0 Å². The van der Waals surface area contributed by atoms with Crippen LogP contribution in [0.1, 0.15) is 45.6 Å². The van der Waals surface area contributed by atoms with Gasteiger partial charge in [-0.05, 0) is 36.0 Å². The van der Waals surface area contributed by atoms with Crippen LogP contribution in [-0.2, 0) is 10.2 Å². The summed E-state index contributed by atoms with van der Waals surface area (Å²) in [4.78, 5) is 13.3. The van der Waals surface area contributed by atoms with Crippen LogP contribution in [0, 0.1) is 5.41 Å². The molecular formula is C20H22BrN3O. The SMILES string of the molecule is CC[C@@]1(c2cccc(Br)c2)C2=CN=NC2NC2=C1C(=O)CC(C)(C)C2. The molecule has 0 saturated carbocycles. The third-order valence-corrected chi connectivity index (χ3v) is 6.12. The Bertz CT molecular complexity index is 852. The molecule has 2 aliphatic heterocycles. The van der Waals surface area contributed by atoms with E-state index in [1.807, 2.05) is 18.3 Å². The third-order valence-electron chi connectivity index (χ3n) is 5.63. The molecule has 1 aromatic rings. The molecule has 130 valence electrons. The molecule has 0 radical (unpaired) electrons. The topological polar surface area (TPSA) is 53.8 Å². The van der Waals surface area contributed by atoms with Gasteiger partial charge in [0.15, 0.2) is 11.9 Å². The summed E-state index contributed by atoms with van der Waals surface area (Å²) in [5.41, 5.74) is 3.70. The minimum Gasteiger partial charge on any atom is -0.362 e. The van der Waals surface area contributed by atoms with E-state index in [1.165, 1.54) is 0 Å². The van der Waals surface area contributed by atoms with Crippen molar-refractivity contribution in [1.82, 2.24) is 5.32 Å². The van der Waals surface area contributed by atoms with E-state index in [0.29, 0.717) is 6.42 Å². The second-order valence-corrected chi connectivity index (χ2v) is 8.84. The standard InChI is InChI=1S/C20H22BrN3O/c1-4-20(12-6-5-7-13(21)8-12)14-11-22-24-18(14)23-15-9-19(2,3)10-16(25)17(15)20/h5-8,11,18,23H,4,9-10H2,1-3H3/t18?,20-/m1/s1. The van der Waals surface area contributed by atoms with Gasteiger partial charge in [0.1, 0.15) is 0 Å². The van der Waals surface area contributed by atoms with Gasteiger partial charge in [-0.25, -0.2) is 0 Å². The fraction of sp³-hybridized carbons (Fsp3) is 0.450. The van der Waals surface area contributed by atoms with Gasteiger partial charge in [-0.3, -0.25) is 4.79 Å². The van der Waals surface area contributed by atoms with E-state index in [-0.39, 0.29) is 17.4 Å². The molecule has 0 spiro atoms. The van der Waals surface area contributed by atoms with Gasteiger partial charge in [0.25, 0.3) is 0 Å². The summed E-state index contributed by atoms with van der Waals surface area (Å²) >= 11 is 3.59. The van der Waals surface area contributed by atoms with Crippen LogP contribution in [0.15, 0.2) is 62.0 Å². The van der Waals surface area contributed by atoms with E-state index in [0.717, 1.165) is 39.7 Å². The van der Waals surface area contributed by atoms with Crippen molar-refractivity contribution in [2.24, 2.45) is 15.6 Å². The lowest BCUT2D eigenvalue weighted by Crippen LogP contribution is -2.51. The Balaban J connectivity index is 2.00. The molecule has 4 nitrogen and oxygen atoms in total. The Hall–Kier alpha value is -1.75. The highest BCUT2D eigenvalue weighted by molar-refractivity contribution is 9.10. The first kappa shape index (κ1) is 16.7. The van der Waals surface area contributed by atoms with E-state index in [1.54, 1.807) is 0 Å². The Morgan fingerprint density at radius 1 is 1.32 bits per heavy atom. The molecule has 0 aromatic heterocycles. The van der Waals surface area contributed by atoms with Crippen LogP contribution in [0.2, 0.25) is 0 Å². The summed E-state index contributed by atoms with van der Waals surface area (Å²) in [6.07, 6.45) is 3.93. The van der Waals surface area contributed by atoms with Gasteiger partial charge in [0, 0.05) is 27.7 Å². The van der Waals surface area contributed by atoms with E-state index >= 15 is 0 Å². The number of hydrogen-bond acceptors (Lipinski definition) is 4. The van der Waals surface area contributed by atoms with Crippen LogP contribution in [0.3, 0.4) is 0 Å². The maximum Gasteiger partial charge on any atom is 0.164 e. The summed E-state index contributed by atoms with van der Waals surface area (Å²) in [5, 5.41) is 12.1. The van der Waals surface area contributed by atoms with E-state index in [4.69, 9.17) is 0 Å². The fourth-order valence-corrected chi connectivity index (χ4v) is 5.04. The molecule has 1 unspecified atom stereocenters. The zero-order valence-electron chi connectivity index (χ0n) is 14.8. The minimum atomic E-state index is -0.452. The number of benzene rings is 1. The van der Waals surface area contributed by atoms with E-state index in [9.17, 15) is 4.79 Å². The molecular weight excluding hydrogens is 378 g/mol. The van der Waals surface area contributed by atoms with Crippen molar-refractivity contribution in [3.8, 4) is 0 Å². The molecule has 1 aromatic carbocycles. The lowest BCUT2D eigenvalue weighted by atomic mass is 9.59. The number of Topliss-reactive ketones (excluding diaryl/α,β-unsaturated/α-hetero) is 1. The average molecular weight is 400 g/mol. The summed E-state index contributed by atoms with van der Waals surface area (Å²) in [6, 6.07) is 8.30. The third kappa shape index (κ3) is 2.43. The zero-order valence-corrected chi connectivity index (χ0v) is 16.4. The highest BCUT2D eigenvalue weighted by atomic mass is 79.9. The van der Waals surface area contributed by atoms with Crippen molar-refractivity contribution in [2.45, 2.75) is 51.6 Å². The van der Waals surface area contributed by atoms with Gasteiger partial charge < -0.3 is 5.32 Å². The Morgan fingerprint density at radius 3 is 2.84 bits per heavy atom. The maximum absolute atomic E-state index is 13.3. The second-order valence-electron chi connectivity index (χ2n) is 7.93. The average Bonchev–Trinajstić information content (AvgIpc) is 3.00. The van der Waals surface area contributed by atoms with Gasteiger partial charge in [0.05, 0.1) is 11.6 Å². The molecule has 0 saturated heterocycles. The molecule has 3 aliphatic rings. The van der Waals surface area contributed by atoms with Crippen LogP contribution in [-0.4, -0.2) is 11.9 Å². The zero-order chi connectivity index (χ0) is 17.8. The smallest absolute Gasteiger partial charge is 0.164 e. The number of allylic oxidation sites excluding steroid dienone is 2. The number of ketones is 1. The molecule has 0 amide bonds. The lowest BCUT2D eigenvalue weighted by molar-refractivity contribution is -0.119. The predicted octanol–water partition coefficient (Wildman–Crippen LogP) is 5.02. The molecule has 5 heteroatoms. The number of carbonyl (C=O) groups is 1. The van der Waals surface area contributed by atoms with Crippen molar-refractivity contribution >= 4 is 21.7 Å². The Morgan fingerprint density at radius 2 is 2.12 bits per heavy atom. The van der Waals surface area contributed by atoms with Crippen molar-refractivity contribution < 1.29 is 4.79 Å². The monoisotopic (exact) mass is 399 g/mol. The molecule has 0 fully saturated rings. The Kier molecular flexibility index (Phi) is 3.76. The van der Waals surface area contributed by atoms with Crippen LogP contribution in [0.5, 0.6) is 0 Å². The molecule has 2 heterocycles. The van der Waals surface area contributed by atoms with Crippen molar-refractivity contribution in [3.05, 3.63) is 57.3 Å². The number of hydrogen-bond donors (Lipinski definition) is 1. The number of azo groups is 1. The maximum atomic E-state index is 13.3. The molecule has 25 heavy (non-hydrogen) atoms. The number of nitrogens with zero attached hydrogens (tertiary/aromatic N) is 2. The Labute approximate surface area is 156 Å². The summed E-state index contributed by atoms with van der Waals surface area (Å²) in [7, 11) is 0. The molecule has 2 atom stereocenters. The largest absolute Gasteiger partial charge is 0.362 e. The molecule has 1 N–H and O–H groups in total. The quantitative estimate of drug-likeness (QED) is 0.758. The predicted molar refractivity (Wildman–Crippen MR) is 101 cm³/mol. The van der Waals surface area contributed by atoms with Crippen LogP contribution < -0.4 is 5.32 Å². The van der Waals surface area contributed by atoms with Gasteiger partial charge in [-0.1, -0.05) is 48.8 Å². The van der Waals surface area contributed by atoms with Crippen molar-refractivity contribution in [1.29, 1.82) is 0 Å². The summed E-state index contributed by atoms with van der Waals surface area (Å²) in [5.74, 6) is 0.242. The molecule has 0 bridgehead atoms. The number of halogens is 1. The number of fused-ring (bicyclic) bond motifs is 1. The summed E-state index contributed by atoms with van der Waals surface area (Å²) < 4.78 is 1.02.